The molecule has 0 saturated heterocycles. The molecule has 15 heteroatoms. The van der Waals surface area contributed by atoms with Crippen LogP contribution < -0.4 is 19.5 Å². The molecule has 0 aromatic heterocycles. The van der Waals surface area contributed by atoms with E-state index in [1.165, 1.54) is 9.80 Å². The molecule has 2 aliphatic heterocycles. The van der Waals surface area contributed by atoms with Crippen LogP contribution in [-0.4, -0.2) is 116 Å². The first kappa shape index (κ1) is 51.9. The van der Waals surface area contributed by atoms with Crippen LogP contribution in [0.3, 0.4) is 0 Å². The number of imide groups is 2. The largest absolute Gasteiger partial charge is 0.507 e. The predicted octanol–water partition coefficient (Wildman–Crippen LogP) is 8.75. The molecule has 0 spiro atoms. The van der Waals surface area contributed by atoms with E-state index in [0.29, 0.717) is 89.3 Å². The number of carbonyl (C=O) groups excluding carboxylic acids is 5. The molecule has 2 N–H and O–H groups in total. The number of rotatable bonds is 19. The van der Waals surface area contributed by atoms with E-state index in [4.69, 9.17) is 28.4 Å². The number of fused-ring (bicyclic) bond motifs is 10. The number of para-hydroxylation sites is 4. The van der Waals surface area contributed by atoms with Crippen molar-refractivity contribution in [2.45, 2.75) is 58.5 Å². The summed E-state index contributed by atoms with van der Waals surface area (Å²) in [5, 5.41) is 14.8. The molecule has 6 aromatic rings. The molecule has 6 aromatic carbocycles. The Morgan fingerprint density at radius 1 is 0.467 bits per heavy atom. The third-order valence-corrected chi connectivity index (χ3v) is 13.1. The molecule has 3 aliphatic rings. The summed E-state index contributed by atoms with van der Waals surface area (Å²) >= 11 is 0. The third-order valence-electron chi connectivity index (χ3n) is 13.1. The van der Waals surface area contributed by atoms with Gasteiger partial charge in [-0.1, -0.05) is 97.1 Å². The number of hydrogen-bond donors (Lipinski definition) is 2. The first-order valence-corrected chi connectivity index (χ1v) is 25.4. The molecule has 15 nitrogen and oxygen atoms in total. The number of nitrogens with one attached hydrogen (secondary N) is 1. The fraction of sp³-hybridized carbons (Fsp3) is 0.317. The van der Waals surface area contributed by atoms with Crippen LogP contribution in [0.1, 0.15) is 113 Å². The molecular weight excluding hydrogens is 955 g/mol. The van der Waals surface area contributed by atoms with Crippen LogP contribution in [0, 0.1) is 0 Å². The molecule has 1 aliphatic carbocycles. The summed E-state index contributed by atoms with van der Waals surface area (Å²) in [5.41, 5.74) is 7.58. The fourth-order valence-corrected chi connectivity index (χ4v) is 9.61. The number of amides is 5. The van der Waals surface area contributed by atoms with Crippen LogP contribution in [-0.2, 0) is 39.9 Å². The van der Waals surface area contributed by atoms with E-state index in [9.17, 15) is 29.1 Å². The second-order valence-corrected chi connectivity index (χ2v) is 19.5. The number of aromatic hydroxyl groups is 1. The van der Waals surface area contributed by atoms with Crippen molar-refractivity contribution in [1.82, 2.24) is 15.1 Å². The Hall–Kier alpha value is -8.01. The highest BCUT2D eigenvalue weighted by molar-refractivity contribution is 6.22. The van der Waals surface area contributed by atoms with Gasteiger partial charge >= 0.3 is 6.09 Å². The Balaban J connectivity index is 0.953. The van der Waals surface area contributed by atoms with Crippen LogP contribution in [0.2, 0.25) is 0 Å². The maximum absolute atomic E-state index is 12.9. The standard InChI is InChI=1S/C60H61N3O12/c1-60(2,3)75-59(69)61-25-12-28-72-52-43-17-11-18-44(52)38-46-20-10-16-42(54(46)74-34-32-71-30-27-63-57(67)49-23-6-7-24-50(49)58(63)68)36-40-14-8-13-39(51(40)64)35-41-15-9-19-45(37-43)53(41)73-33-31-70-29-26-62-55(65)47-21-4-5-22-48(47)56(62)66/h4-11,13-24,64H,12,25-38H2,1-3H3,(H,61,69). The highest BCUT2D eigenvalue weighted by atomic mass is 16.6. The van der Waals surface area contributed by atoms with Crippen LogP contribution in [0.4, 0.5) is 4.79 Å². The van der Waals surface area contributed by atoms with Gasteiger partial charge in [-0.3, -0.25) is 29.0 Å². The second kappa shape index (κ2) is 23.5. The van der Waals surface area contributed by atoms with E-state index in [0.717, 1.165) is 33.4 Å². The van der Waals surface area contributed by atoms with E-state index in [-0.39, 0.29) is 88.7 Å². The maximum atomic E-state index is 12.9. The number of ether oxygens (including phenoxy) is 6. The quantitative estimate of drug-likeness (QED) is 0.0582. The number of carbonyl (C=O) groups is 5. The summed E-state index contributed by atoms with van der Waals surface area (Å²) in [4.78, 5) is 66.6. The minimum absolute atomic E-state index is 0.106. The summed E-state index contributed by atoms with van der Waals surface area (Å²) in [6, 6.07) is 37.3. The monoisotopic (exact) mass is 1020 g/mol. The average Bonchev–Trinajstić information content (AvgIpc) is 3.79. The minimum atomic E-state index is -0.633. The average molecular weight is 1020 g/mol. The number of phenols is 1. The molecule has 9 rings (SSSR count). The van der Waals surface area contributed by atoms with Gasteiger partial charge in [-0.2, -0.15) is 0 Å². The van der Waals surface area contributed by atoms with E-state index in [1.54, 1.807) is 48.5 Å². The zero-order chi connectivity index (χ0) is 52.5. The zero-order valence-electron chi connectivity index (χ0n) is 42.5. The maximum Gasteiger partial charge on any atom is 0.407 e. The normalized spacial score (nSPS) is 13.9. The molecule has 0 saturated carbocycles. The van der Waals surface area contributed by atoms with Crippen molar-refractivity contribution < 1.29 is 57.5 Å². The number of hydrogen-bond acceptors (Lipinski definition) is 12. The van der Waals surface area contributed by atoms with Gasteiger partial charge in [0.05, 0.1) is 68.4 Å². The Morgan fingerprint density at radius 2 is 0.800 bits per heavy atom. The van der Waals surface area contributed by atoms with Crippen molar-refractivity contribution >= 4 is 29.7 Å². The van der Waals surface area contributed by atoms with Gasteiger partial charge in [-0.05, 0) is 96.0 Å². The number of benzene rings is 6. The zero-order valence-corrected chi connectivity index (χ0v) is 42.5. The number of nitrogens with zero attached hydrogens (tertiary/aromatic N) is 2. The van der Waals surface area contributed by atoms with Gasteiger partial charge in [0.25, 0.3) is 23.6 Å². The lowest BCUT2D eigenvalue weighted by Gasteiger charge is -2.22. The Kier molecular flexibility index (Phi) is 16.2. The summed E-state index contributed by atoms with van der Waals surface area (Å²) in [6.07, 6.45) is 1.52. The Morgan fingerprint density at radius 3 is 1.16 bits per heavy atom. The highest BCUT2D eigenvalue weighted by Crippen LogP contribution is 2.39. The van der Waals surface area contributed by atoms with Gasteiger partial charge in [0.1, 0.15) is 41.8 Å². The van der Waals surface area contributed by atoms with Crippen molar-refractivity contribution in [3.8, 4) is 23.0 Å². The fourth-order valence-electron chi connectivity index (χ4n) is 9.61. The predicted molar refractivity (Wildman–Crippen MR) is 279 cm³/mol. The van der Waals surface area contributed by atoms with E-state index >= 15 is 0 Å². The highest BCUT2D eigenvalue weighted by Gasteiger charge is 2.36. The molecule has 0 fully saturated rings. The van der Waals surface area contributed by atoms with Crippen LogP contribution >= 0.6 is 0 Å². The first-order valence-electron chi connectivity index (χ1n) is 25.4. The molecule has 2 heterocycles. The Bertz CT molecular complexity index is 2860. The SMILES string of the molecule is CC(C)(C)OC(=O)NCCCOc1c2cccc1Cc1cccc(c1OCCOCCN1C(=O)c3ccccc3C1=O)Cc1cccc(c1O)Cc1cccc(c1OCCOCCN1C(=O)c3ccccc3C1=O)C2. The van der Waals surface area contributed by atoms with Gasteiger partial charge < -0.3 is 38.8 Å². The van der Waals surface area contributed by atoms with Crippen molar-refractivity contribution in [1.29, 1.82) is 0 Å². The first-order chi connectivity index (χ1) is 36.3. The van der Waals surface area contributed by atoms with E-state index < -0.39 is 11.7 Å². The number of alkyl carbamates (subject to hydrolysis) is 1. The second-order valence-electron chi connectivity index (χ2n) is 19.5. The molecule has 0 atom stereocenters. The van der Waals surface area contributed by atoms with Crippen LogP contribution in [0.15, 0.2) is 121 Å². The lowest BCUT2D eigenvalue weighted by Crippen LogP contribution is -2.33. The summed E-state index contributed by atoms with van der Waals surface area (Å²) < 4.78 is 37.3. The van der Waals surface area contributed by atoms with Crippen molar-refractivity contribution in [3.05, 3.63) is 188 Å². The van der Waals surface area contributed by atoms with E-state index in [1.807, 2.05) is 93.6 Å². The van der Waals surface area contributed by atoms with Crippen molar-refractivity contribution in [3.63, 3.8) is 0 Å². The lowest BCUT2D eigenvalue weighted by molar-refractivity contribution is 0.0515. The van der Waals surface area contributed by atoms with Crippen LogP contribution in [0.5, 0.6) is 23.0 Å². The summed E-state index contributed by atoms with van der Waals surface area (Å²) in [5.74, 6) is 0.788. The molecular formula is C60H61N3O12. The van der Waals surface area contributed by atoms with Gasteiger partial charge in [-0.15, -0.1) is 0 Å². The van der Waals surface area contributed by atoms with Gasteiger partial charge in [-0.25, -0.2) is 4.79 Å². The van der Waals surface area contributed by atoms with Crippen molar-refractivity contribution in [2.24, 2.45) is 0 Å². The molecule has 0 radical (unpaired) electrons. The van der Waals surface area contributed by atoms with E-state index in [2.05, 4.69) is 5.32 Å². The van der Waals surface area contributed by atoms with Crippen molar-refractivity contribution in [2.75, 3.05) is 65.9 Å². The molecule has 8 bridgehead atoms. The third kappa shape index (κ3) is 12.2. The minimum Gasteiger partial charge on any atom is -0.507 e. The molecule has 0 unspecified atom stereocenters. The lowest BCUT2D eigenvalue weighted by atomic mass is 9.91. The van der Waals surface area contributed by atoms with Gasteiger partial charge in [0, 0.05) is 32.2 Å². The Labute approximate surface area is 436 Å². The topological polar surface area (TPSA) is 179 Å². The summed E-state index contributed by atoms with van der Waals surface area (Å²) in [7, 11) is 0. The number of phenolic OH excluding ortho intramolecular Hbond substituents is 1. The van der Waals surface area contributed by atoms with Gasteiger partial charge in [0.2, 0.25) is 0 Å². The summed E-state index contributed by atoms with van der Waals surface area (Å²) in [6.45, 7) is 7.25. The van der Waals surface area contributed by atoms with Gasteiger partial charge in [0.15, 0.2) is 0 Å². The molecule has 388 valence electrons. The molecule has 75 heavy (non-hydrogen) atoms. The van der Waals surface area contributed by atoms with Crippen LogP contribution in [0.25, 0.3) is 0 Å². The smallest absolute Gasteiger partial charge is 0.407 e. The molecule has 5 amide bonds.